The zero-order valence-corrected chi connectivity index (χ0v) is 11.4. The summed E-state index contributed by atoms with van der Waals surface area (Å²) in [5.41, 5.74) is -0.469. The Morgan fingerprint density at radius 1 is 1.63 bits per heavy atom. The van der Waals surface area contributed by atoms with Crippen molar-refractivity contribution in [2.45, 2.75) is 25.6 Å². The number of aliphatic hydroxyl groups excluding tert-OH is 1. The lowest BCUT2D eigenvalue weighted by molar-refractivity contribution is -0.101. The molecule has 0 radical (unpaired) electrons. The van der Waals surface area contributed by atoms with Crippen LogP contribution in [0.5, 0.6) is 0 Å². The summed E-state index contributed by atoms with van der Waals surface area (Å²) in [6, 6.07) is 0. The van der Waals surface area contributed by atoms with Gasteiger partial charge in [-0.05, 0) is 13.8 Å². The zero-order chi connectivity index (χ0) is 14.0. The molecule has 1 aliphatic rings. The second-order valence-corrected chi connectivity index (χ2v) is 5.18. The fraction of sp³-hybridized carbons (Fsp3) is 0.667. The molecule has 0 amide bonds. The molecule has 106 valence electrons. The predicted molar refractivity (Wildman–Crippen MR) is 69.8 cm³/mol. The minimum absolute atomic E-state index is 0.106. The van der Waals surface area contributed by atoms with Gasteiger partial charge in [0.2, 0.25) is 5.95 Å². The Kier molecular flexibility index (Phi) is 3.86. The van der Waals surface area contributed by atoms with Gasteiger partial charge in [-0.25, -0.2) is 9.37 Å². The highest BCUT2D eigenvalue weighted by molar-refractivity contribution is 5.44. The quantitative estimate of drug-likeness (QED) is 0.839. The number of nitrogens with zero attached hydrogens (tertiary/aromatic N) is 3. The standard InChI is InChI=1S/C12H19FN4O2/c1-12(2)7-17(5-8(6-18)19-12)10-9(13)4-15-11(14-3)16-10/h4,8,18H,5-7H2,1-3H3,(H,14,15,16). The van der Waals surface area contributed by atoms with E-state index in [-0.39, 0.29) is 18.5 Å². The molecule has 1 aromatic rings. The van der Waals surface area contributed by atoms with Crippen molar-refractivity contribution < 1.29 is 14.2 Å². The summed E-state index contributed by atoms with van der Waals surface area (Å²) in [5.74, 6) is 0.115. The fourth-order valence-corrected chi connectivity index (χ4v) is 2.25. The second-order valence-electron chi connectivity index (χ2n) is 5.18. The summed E-state index contributed by atoms with van der Waals surface area (Å²) in [4.78, 5) is 9.74. The molecule has 1 aromatic heterocycles. The highest BCUT2D eigenvalue weighted by Crippen LogP contribution is 2.26. The number of nitrogens with one attached hydrogen (secondary N) is 1. The van der Waals surface area contributed by atoms with Crippen molar-refractivity contribution in [2.75, 3.05) is 37.0 Å². The topological polar surface area (TPSA) is 70.5 Å². The van der Waals surface area contributed by atoms with Crippen molar-refractivity contribution in [3.63, 3.8) is 0 Å². The summed E-state index contributed by atoms with van der Waals surface area (Å²) < 4.78 is 19.6. The third-order valence-electron chi connectivity index (χ3n) is 2.93. The van der Waals surface area contributed by atoms with Gasteiger partial charge < -0.3 is 20.1 Å². The molecule has 2 N–H and O–H groups in total. The second kappa shape index (κ2) is 5.26. The number of halogens is 1. The number of aromatic nitrogens is 2. The molecule has 1 atom stereocenters. The van der Waals surface area contributed by atoms with E-state index in [1.807, 2.05) is 13.8 Å². The van der Waals surface area contributed by atoms with Crippen LogP contribution < -0.4 is 10.2 Å². The lowest BCUT2D eigenvalue weighted by Gasteiger charge is -2.42. The maximum absolute atomic E-state index is 13.9. The molecule has 2 heterocycles. The molecule has 0 aromatic carbocycles. The van der Waals surface area contributed by atoms with Gasteiger partial charge >= 0.3 is 0 Å². The molecule has 6 nitrogen and oxygen atoms in total. The first-order chi connectivity index (χ1) is 8.95. The van der Waals surface area contributed by atoms with Crippen molar-refractivity contribution in [1.29, 1.82) is 0 Å². The molecule has 0 spiro atoms. The van der Waals surface area contributed by atoms with Crippen molar-refractivity contribution in [2.24, 2.45) is 0 Å². The molecular formula is C12H19FN4O2. The average Bonchev–Trinajstić information content (AvgIpc) is 2.37. The number of anilines is 2. The van der Waals surface area contributed by atoms with Gasteiger partial charge in [0.05, 0.1) is 24.5 Å². The number of hydrogen-bond donors (Lipinski definition) is 2. The Balaban J connectivity index is 2.29. The summed E-state index contributed by atoms with van der Waals surface area (Å²) in [7, 11) is 1.68. The van der Waals surface area contributed by atoms with Crippen LogP contribution >= 0.6 is 0 Å². The summed E-state index contributed by atoms with van der Waals surface area (Å²) in [5, 5.41) is 12.1. The van der Waals surface area contributed by atoms with Gasteiger partial charge in [-0.15, -0.1) is 0 Å². The van der Waals surface area contributed by atoms with Crippen LogP contribution in [0.25, 0.3) is 0 Å². The van der Waals surface area contributed by atoms with Crippen LogP contribution in [0.1, 0.15) is 13.8 Å². The van der Waals surface area contributed by atoms with Gasteiger partial charge in [-0.2, -0.15) is 4.98 Å². The molecule has 1 fully saturated rings. The molecule has 19 heavy (non-hydrogen) atoms. The highest BCUT2D eigenvalue weighted by atomic mass is 19.1. The Morgan fingerprint density at radius 2 is 2.37 bits per heavy atom. The molecule has 1 unspecified atom stereocenters. The van der Waals surface area contributed by atoms with E-state index in [0.29, 0.717) is 19.0 Å². The number of morpholine rings is 1. The van der Waals surface area contributed by atoms with E-state index in [1.165, 1.54) is 0 Å². The van der Waals surface area contributed by atoms with Crippen LogP contribution in [-0.4, -0.2) is 53.5 Å². The minimum atomic E-state index is -0.478. The first-order valence-corrected chi connectivity index (χ1v) is 6.19. The van der Waals surface area contributed by atoms with Crippen LogP contribution in [0, 0.1) is 5.82 Å². The van der Waals surface area contributed by atoms with E-state index in [2.05, 4.69) is 15.3 Å². The molecule has 1 aliphatic heterocycles. The van der Waals surface area contributed by atoms with E-state index in [1.54, 1.807) is 11.9 Å². The van der Waals surface area contributed by atoms with Crippen LogP contribution in [0.15, 0.2) is 6.20 Å². The third-order valence-corrected chi connectivity index (χ3v) is 2.93. The van der Waals surface area contributed by atoms with Gasteiger partial charge in [0.1, 0.15) is 0 Å². The predicted octanol–water partition coefficient (Wildman–Crippen LogP) is 0.633. The summed E-state index contributed by atoms with van der Waals surface area (Å²) in [6.45, 7) is 4.60. The van der Waals surface area contributed by atoms with Gasteiger partial charge in [0.15, 0.2) is 11.6 Å². The summed E-state index contributed by atoms with van der Waals surface area (Å²) >= 11 is 0. The van der Waals surface area contributed by atoms with Crippen LogP contribution in [0.4, 0.5) is 16.2 Å². The Bertz CT molecular complexity index is 455. The summed E-state index contributed by atoms with van der Waals surface area (Å²) in [6.07, 6.45) is 0.793. The first kappa shape index (κ1) is 14.0. The van der Waals surface area contributed by atoms with Crippen molar-refractivity contribution in [3.05, 3.63) is 12.0 Å². The number of ether oxygens (including phenoxy) is 1. The highest BCUT2D eigenvalue weighted by Gasteiger charge is 2.34. The molecule has 0 bridgehead atoms. The van der Waals surface area contributed by atoms with Crippen LogP contribution in [0.3, 0.4) is 0 Å². The van der Waals surface area contributed by atoms with Crippen molar-refractivity contribution >= 4 is 11.8 Å². The largest absolute Gasteiger partial charge is 0.394 e. The van der Waals surface area contributed by atoms with E-state index in [0.717, 1.165) is 6.20 Å². The van der Waals surface area contributed by atoms with E-state index < -0.39 is 11.4 Å². The zero-order valence-electron chi connectivity index (χ0n) is 11.4. The molecule has 0 aliphatic carbocycles. The van der Waals surface area contributed by atoms with Gasteiger partial charge in [-0.1, -0.05) is 0 Å². The van der Waals surface area contributed by atoms with Gasteiger partial charge in [0.25, 0.3) is 0 Å². The van der Waals surface area contributed by atoms with Gasteiger partial charge in [-0.3, -0.25) is 0 Å². The maximum atomic E-state index is 13.9. The smallest absolute Gasteiger partial charge is 0.224 e. The molecule has 1 saturated heterocycles. The number of hydrogen-bond acceptors (Lipinski definition) is 6. The van der Waals surface area contributed by atoms with Crippen LogP contribution in [0.2, 0.25) is 0 Å². The lowest BCUT2D eigenvalue weighted by atomic mass is 10.1. The minimum Gasteiger partial charge on any atom is -0.394 e. The molecular weight excluding hydrogens is 251 g/mol. The lowest BCUT2D eigenvalue weighted by Crippen LogP contribution is -2.54. The number of aliphatic hydroxyl groups is 1. The maximum Gasteiger partial charge on any atom is 0.224 e. The average molecular weight is 270 g/mol. The SMILES string of the molecule is CNc1ncc(F)c(N2CC(CO)OC(C)(C)C2)n1. The Labute approximate surface area is 111 Å². The Morgan fingerprint density at radius 3 is 3.00 bits per heavy atom. The normalized spacial score (nSPS) is 22.4. The molecule has 0 saturated carbocycles. The fourth-order valence-electron chi connectivity index (χ4n) is 2.25. The monoisotopic (exact) mass is 270 g/mol. The van der Waals surface area contributed by atoms with Gasteiger partial charge in [0, 0.05) is 20.1 Å². The number of rotatable bonds is 3. The molecule has 2 rings (SSSR count). The third kappa shape index (κ3) is 3.10. The Hall–Kier alpha value is -1.47. The van der Waals surface area contributed by atoms with E-state index >= 15 is 0 Å². The van der Waals surface area contributed by atoms with Crippen molar-refractivity contribution in [3.8, 4) is 0 Å². The molecule has 7 heteroatoms. The van der Waals surface area contributed by atoms with Crippen molar-refractivity contribution in [1.82, 2.24) is 9.97 Å². The van der Waals surface area contributed by atoms with E-state index in [4.69, 9.17) is 4.74 Å². The van der Waals surface area contributed by atoms with E-state index in [9.17, 15) is 9.50 Å². The first-order valence-electron chi connectivity index (χ1n) is 6.19. The van der Waals surface area contributed by atoms with Crippen LogP contribution in [-0.2, 0) is 4.74 Å².